The highest BCUT2D eigenvalue weighted by atomic mass is 16.3. The first-order chi connectivity index (χ1) is 7.67. The Kier molecular flexibility index (Phi) is 5.25. The molecule has 3 unspecified atom stereocenters. The van der Waals surface area contributed by atoms with Crippen molar-refractivity contribution in [2.45, 2.75) is 32.3 Å². The third-order valence-corrected chi connectivity index (χ3v) is 3.26. The molecule has 0 aliphatic carbocycles. The smallest absolute Gasteiger partial charge is 0.0669 e. The molecule has 0 aromatic heterocycles. The molecule has 3 atom stereocenters. The molecule has 1 aliphatic rings. The van der Waals surface area contributed by atoms with E-state index in [0.29, 0.717) is 18.8 Å². The van der Waals surface area contributed by atoms with Crippen LogP contribution < -0.4 is 0 Å². The number of aliphatic hydroxyl groups excluding tert-OH is 1. The first-order valence-electron chi connectivity index (χ1n) is 5.84. The fraction of sp³-hybridized carbons (Fsp3) is 0.833. The Morgan fingerprint density at radius 2 is 2.25 bits per heavy atom. The Bertz CT molecular complexity index is 290. The van der Waals surface area contributed by atoms with Crippen LogP contribution in [-0.2, 0) is 0 Å². The molecule has 1 N–H and O–H groups in total. The van der Waals surface area contributed by atoms with E-state index in [1.54, 1.807) is 0 Å². The average Bonchev–Trinajstić information content (AvgIpc) is 2.72. The number of nitriles is 2. The van der Waals surface area contributed by atoms with E-state index >= 15 is 0 Å². The summed E-state index contributed by atoms with van der Waals surface area (Å²) < 4.78 is 0. The van der Waals surface area contributed by atoms with Crippen LogP contribution in [0.1, 0.15) is 26.2 Å². The van der Waals surface area contributed by atoms with E-state index in [2.05, 4.69) is 17.0 Å². The molecule has 1 aliphatic heterocycles. The highest BCUT2D eigenvalue weighted by Gasteiger charge is 2.27. The van der Waals surface area contributed by atoms with Crippen LogP contribution in [0.5, 0.6) is 0 Å². The summed E-state index contributed by atoms with van der Waals surface area (Å²) in [4.78, 5) is 2.22. The van der Waals surface area contributed by atoms with Crippen LogP contribution in [0, 0.1) is 34.5 Å². The molecule has 0 radical (unpaired) electrons. The predicted octanol–water partition coefficient (Wildman–Crippen LogP) is 1.13. The maximum absolute atomic E-state index is 9.47. The van der Waals surface area contributed by atoms with Gasteiger partial charge >= 0.3 is 0 Å². The molecule has 1 heterocycles. The minimum absolute atomic E-state index is 0.0487. The second kappa shape index (κ2) is 6.48. The zero-order valence-electron chi connectivity index (χ0n) is 9.76. The van der Waals surface area contributed by atoms with Crippen molar-refractivity contribution in [2.24, 2.45) is 11.8 Å². The van der Waals surface area contributed by atoms with Gasteiger partial charge in [-0.25, -0.2) is 0 Å². The molecule has 0 spiro atoms. The maximum atomic E-state index is 9.47. The molecule has 0 bridgehead atoms. The van der Waals surface area contributed by atoms with Crippen molar-refractivity contribution in [3.05, 3.63) is 0 Å². The number of hydrogen-bond acceptors (Lipinski definition) is 4. The van der Waals surface area contributed by atoms with Gasteiger partial charge in [-0.05, 0) is 32.2 Å². The number of aliphatic hydroxyl groups is 1. The lowest BCUT2D eigenvalue weighted by molar-refractivity contribution is 0.126. The van der Waals surface area contributed by atoms with Crippen LogP contribution in [0.25, 0.3) is 0 Å². The largest absolute Gasteiger partial charge is 0.393 e. The maximum Gasteiger partial charge on any atom is 0.0669 e. The van der Waals surface area contributed by atoms with Crippen molar-refractivity contribution < 1.29 is 5.11 Å². The topological polar surface area (TPSA) is 71.0 Å². The molecule has 0 saturated carbocycles. The predicted molar refractivity (Wildman–Crippen MR) is 60.2 cm³/mol. The highest BCUT2D eigenvalue weighted by molar-refractivity contribution is 4.90. The second-order valence-electron chi connectivity index (χ2n) is 4.57. The summed E-state index contributed by atoms with van der Waals surface area (Å²) in [6.45, 7) is 4.40. The van der Waals surface area contributed by atoms with Crippen LogP contribution in [0.2, 0.25) is 0 Å². The zero-order chi connectivity index (χ0) is 12.0. The fourth-order valence-electron chi connectivity index (χ4n) is 2.17. The average molecular weight is 221 g/mol. The molecule has 88 valence electrons. The van der Waals surface area contributed by atoms with Crippen LogP contribution in [0.3, 0.4) is 0 Å². The van der Waals surface area contributed by atoms with Crippen LogP contribution in [-0.4, -0.2) is 35.7 Å². The summed E-state index contributed by atoms with van der Waals surface area (Å²) in [5.41, 5.74) is 0. The highest BCUT2D eigenvalue weighted by Crippen LogP contribution is 2.21. The first kappa shape index (κ1) is 13.0. The SMILES string of the molecule is CC(O)C1CCN(CC(C#N)CCC#N)C1. The Labute approximate surface area is 97.1 Å². The van der Waals surface area contributed by atoms with Crippen molar-refractivity contribution in [1.29, 1.82) is 10.5 Å². The van der Waals surface area contributed by atoms with Gasteiger partial charge in [0.05, 0.1) is 24.2 Å². The van der Waals surface area contributed by atoms with Gasteiger partial charge in [0.15, 0.2) is 0 Å². The van der Waals surface area contributed by atoms with Crippen LogP contribution >= 0.6 is 0 Å². The van der Waals surface area contributed by atoms with E-state index in [1.165, 1.54) is 0 Å². The lowest BCUT2D eigenvalue weighted by Crippen LogP contribution is -2.28. The summed E-state index contributed by atoms with van der Waals surface area (Å²) in [5.74, 6) is 0.294. The molecular formula is C12H19N3O. The third kappa shape index (κ3) is 3.81. The monoisotopic (exact) mass is 221 g/mol. The molecule has 0 aromatic carbocycles. The van der Waals surface area contributed by atoms with E-state index in [4.69, 9.17) is 10.5 Å². The summed E-state index contributed by atoms with van der Waals surface area (Å²) in [7, 11) is 0. The quantitative estimate of drug-likeness (QED) is 0.755. The lowest BCUT2D eigenvalue weighted by Gasteiger charge is -2.19. The number of likely N-dealkylation sites (tertiary alicyclic amines) is 1. The van der Waals surface area contributed by atoms with Gasteiger partial charge in [-0.2, -0.15) is 10.5 Å². The van der Waals surface area contributed by atoms with E-state index in [-0.39, 0.29) is 12.0 Å². The summed E-state index contributed by atoms with van der Waals surface area (Å²) in [6.07, 6.45) is 1.85. The molecule has 1 fully saturated rings. The van der Waals surface area contributed by atoms with Gasteiger partial charge in [0.2, 0.25) is 0 Å². The molecule has 4 nitrogen and oxygen atoms in total. The van der Waals surface area contributed by atoms with E-state index in [9.17, 15) is 5.11 Å². The summed E-state index contributed by atoms with van der Waals surface area (Å²) in [5, 5.41) is 26.9. The van der Waals surface area contributed by atoms with Crippen LogP contribution in [0.15, 0.2) is 0 Å². The van der Waals surface area contributed by atoms with Crippen LogP contribution in [0.4, 0.5) is 0 Å². The lowest BCUT2D eigenvalue weighted by atomic mass is 10.0. The normalized spacial score (nSPS) is 24.6. The molecule has 16 heavy (non-hydrogen) atoms. The summed E-state index contributed by atoms with van der Waals surface area (Å²) in [6, 6.07) is 4.33. The Morgan fingerprint density at radius 3 is 2.75 bits per heavy atom. The Balaban J connectivity index is 2.32. The van der Waals surface area contributed by atoms with Crippen molar-refractivity contribution in [3.63, 3.8) is 0 Å². The van der Waals surface area contributed by atoms with Gasteiger partial charge in [0.25, 0.3) is 0 Å². The van der Waals surface area contributed by atoms with Crippen molar-refractivity contribution >= 4 is 0 Å². The van der Waals surface area contributed by atoms with Gasteiger partial charge in [-0.15, -0.1) is 0 Å². The van der Waals surface area contributed by atoms with Crippen molar-refractivity contribution in [3.8, 4) is 12.1 Å². The van der Waals surface area contributed by atoms with E-state index in [0.717, 1.165) is 26.1 Å². The molecule has 1 saturated heterocycles. The standard InChI is InChI=1S/C12H19N3O/c1-10(16)12-4-6-15(9-12)8-11(7-14)3-2-5-13/h10-12,16H,2-4,6,8-9H2,1H3. The Hall–Kier alpha value is -1.10. The van der Waals surface area contributed by atoms with Crippen molar-refractivity contribution in [2.75, 3.05) is 19.6 Å². The van der Waals surface area contributed by atoms with Gasteiger partial charge in [0, 0.05) is 19.5 Å². The molecule has 0 aromatic rings. The van der Waals surface area contributed by atoms with Gasteiger partial charge in [-0.3, -0.25) is 0 Å². The molecular weight excluding hydrogens is 202 g/mol. The fourth-order valence-corrected chi connectivity index (χ4v) is 2.17. The first-order valence-corrected chi connectivity index (χ1v) is 5.84. The van der Waals surface area contributed by atoms with Gasteiger partial charge in [-0.1, -0.05) is 0 Å². The molecule has 1 rings (SSSR count). The van der Waals surface area contributed by atoms with E-state index < -0.39 is 0 Å². The number of hydrogen-bond donors (Lipinski definition) is 1. The van der Waals surface area contributed by atoms with Gasteiger partial charge < -0.3 is 10.0 Å². The second-order valence-corrected chi connectivity index (χ2v) is 4.57. The zero-order valence-corrected chi connectivity index (χ0v) is 9.76. The van der Waals surface area contributed by atoms with Gasteiger partial charge in [0.1, 0.15) is 0 Å². The summed E-state index contributed by atoms with van der Waals surface area (Å²) >= 11 is 0. The third-order valence-electron chi connectivity index (χ3n) is 3.26. The number of nitrogens with zero attached hydrogens (tertiary/aromatic N) is 3. The van der Waals surface area contributed by atoms with Crippen molar-refractivity contribution in [1.82, 2.24) is 4.90 Å². The molecule has 4 heteroatoms. The minimum Gasteiger partial charge on any atom is -0.393 e. The number of rotatable bonds is 5. The van der Waals surface area contributed by atoms with E-state index in [1.807, 2.05) is 6.92 Å². The Morgan fingerprint density at radius 1 is 1.50 bits per heavy atom. The minimum atomic E-state index is -0.260. The molecule has 0 amide bonds.